The molecule has 1 saturated heterocycles. The van der Waals surface area contributed by atoms with Crippen molar-refractivity contribution in [2.45, 2.75) is 128 Å². The van der Waals surface area contributed by atoms with E-state index < -0.39 is 119 Å². The van der Waals surface area contributed by atoms with E-state index in [0.717, 1.165) is 14.0 Å². The van der Waals surface area contributed by atoms with Crippen LogP contribution in [0.15, 0.2) is 64.3 Å². The zero-order chi connectivity index (χ0) is 45.0. The monoisotopic (exact) mass is 855 g/mol. The molecule has 0 spiro atoms. The first-order chi connectivity index (χ1) is 28.4. The number of rotatable bonds is 9. The molecule has 2 bridgehead atoms. The van der Waals surface area contributed by atoms with Crippen LogP contribution >= 0.6 is 0 Å². The lowest BCUT2D eigenvalue weighted by molar-refractivity contribution is -0.346. The van der Waals surface area contributed by atoms with Gasteiger partial charge in [-0.25, -0.2) is 19.2 Å². The fourth-order valence-electron chi connectivity index (χ4n) is 9.55. The standard InChI is InChI=1S/C43H53NO17/c1-21-25(57-36(50)30(47)29(24-16-13-17-55-24)44-37(51)61-39(3,4)5)19-43(53)34(59-35(49)23-14-11-10-12-15-23)32-41(8,26(46)18-27-42(32,20-56-27)60-22(2)45)33(48)31(58-38(52)54-9)28(21)40(43,6)7/h10-17,25-27,29-32,34,46-47,53H,18-20H2,1-9H3,(H,44,51)/t25-,26-,27+,29-,30+,31+,32?,34?,41+,42-,43+/m0/s1. The molecule has 2 saturated carbocycles. The van der Waals surface area contributed by atoms with Crippen LogP contribution in [-0.2, 0) is 47.5 Å². The zero-order valence-electron chi connectivity index (χ0n) is 35.4. The number of Topliss-reactive ketones (excluding diaryl/α,β-unsaturated/α-hetero) is 1. The van der Waals surface area contributed by atoms with Crippen LogP contribution < -0.4 is 5.32 Å². The first kappa shape index (κ1) is 45.2. The van der Waals surface area contributed by atoms with Crippen LogP contribution in [-0.4, -0.2) is 118 Å². The number of benzene rings is 1. The average Bonchev–Trinajstić information content (AvgIpc) is 3.72. The van der Waals surface area contributed by atoms with Gasteiger partial charge in [-0.3, -0.25) is 9.59 Å². The Labute approximate surface area is 351 Å². The van der Waals surface area contributed by atoms with E-state index in [9.17, 15) is 39.3 Å². The van der Waals surface area contributed by atoms with Crippen LogP contribution in [0.25, 0.3) is 0 Å². The van der Waals surface area contributed by atoms with Gasteiger partial charge in [-0.05, 0) is 70.0 Å². The Kier molecular flexibility index (Phi) is 12.0. The van der Waals surface area contributed by atoms with Gasteiger partial charge in [0.25, 0.3) is 0 Å². The van der Waals surface area contributed by atoms with Gasteiger partial charge in [0, 0.05) is 25.2 Å². The topological polar surface area (TPSA) is 253 Å². The molecule has 2 heterocycles. The Balaban J connectivity index is 1.54. The quantitative estimate of drug-likeness (QED) is 0.160. The Morgan fingerprint density at radius 1 is 0.984 bits per heavy atom. The third-order valence-corrected chi connectivity index (χ3v) is 12.6. The number of aliphatic hydroxyl groups is 3. The summed E-state index contributed by atoms with van der Waals surface area (Å²) < 4.78 is 45.6. The molecular weight excluding hydrogens is 802 g/mol. The van der Waals surface area contributed by atoms with Crippen LogP contribution in [0.4, 0.5) is 9.59 Å². The fourth-order valence-corrected chi connectivity index (χ4v) is 9.55. The summed E-state index contributed by atoms with van der Waals surface area (Å²) in [4.78, 5) is 82.8. The van der Waals surface area contributed by atoms with Gasteiger partial charge < -0.3 is 58.2 Å². The second-order valence-corrected chi connectivity index (χ2v) is 17.7. The third-order valence-electron chi connectivity index (χ3n) is 12.6. The maximum Gasteiger partial charge on any atom is 0.509 e. The summed E-state index contributed by atoms with van der Waals surface area (Å²) in [5, 5.41) is 39.6. The zero-order valence-corrected chi connectivity index (χ0v) is 35.4. The lowest BCUT2D eigenvalue weighted by atomic mass is 9.44. The minimum atomic E-state index is -2.45. The summed E-state index contributed by atoms with van der Waals surface area (Å²) in [7, 11) is 1.01. The average molecular weight is 856 g/mol. The highest BCUT2D eigenvalue weighted by atomic mass is 16.7. The van der Waals surface area contributed by atoms with E-state index in [1.807, 2.05) is 0 Å². The van der Waals surface area contributed by atoms with Gasteiger partial charge in [0.2, 0.25) is 0 Å². The summed E-state index contributed by atoms with van der Waals surface area (Å²) in [6, 6.07) is 9.04. The molecule has 1 aromatic heterocycles. The SMILES string of the molecule is COC(=O)O[C@H]1C(=O)[C@@]2(C)C(C(OC(=O)c3ccccc3)[C@]3(O)C[C@H](OC(=O)[C@H](O)[C@@H](NC(=O)OC(C)(C)C)c4ccco4)C(C)=C1C3(C)C)[C@]1(OC(C)=O)CO[C@@H]1C[C@@H]2O. The molecule has 3 aliphatic carbocycles. The van der Waals surface area contributed by atoms with Gasteiger partial charge in [0.1, 0.15) is 41.3 Å². The molecule has 1 aliphatic heterocycles. The Hall–Kier alpha value is -5.30. The van der Waals surface area contributed by atoms with Gasteiger partial charge >= 0.3 is 30.2 Å². The number of hydrogen-bond donors (Lipinski definition) is 4. The Morgan fingerprint density at radius 3 is 2.21 bits per heavy atom. The molecule has 3 fully saturated rings. The summed E-state index contributed by atoms with van der Waals surface area (Å²) in [5.41, 5.74) is -9.05. The number of alkyl carbamates (subject to hydrolysis) is 1. The maximum absolute atomic E-state index is 15.5. The van der Waals surface area contributed by atoms with Gasteiger partial charge in [-0.15, -0.1) is 0 Å². The third kappa shape index (κ3) is 7.78. The molecule has 4 aliphatic rings. The van der Waals surface area contributed by atoms with Gasteiger partial charge in [-0.1, -0.05) is 32.0 Å². The number of esters is 3. The van der Waals surface area contributed by atoms with E-state index in [4.69, 9.17) is 37.6 Å². The number of nitrogens with one attached hydrogen (secondary N) is 1. The van der Waals surface area contributed by atoms with Crippen molar-refractivity contribution in [2.75, 3.05) is 13.7 Å². The van der Waals surface area contributed by atoms with Gasteiger partial charge in [0.15, 0.2) is 23.6 Å². The molecule has 2 unspecified atom stereocenters. The lowest BCUT2D eigenvalue weighted by Gasteiger charge is -2.67. The summed E-state index contributed by atoms with van der Waals surface area (Å²) in [6.45, 7) is 11.5. The minimum Gasteiger partial charge on any atom is -0.467 e. The van der Waals surface area contributed by atoms with Crippen LogP contribution in [0, 0.1) is 16.7 Å². The predicted octanol–water partition coefficient (Wildman–Crippen LogP) is 3.64. The number of fused-ring (bicyclic) bond motifs is 5. The van der Waals surface area contributed by atoms with Crippen molar-refractivity contribution in [3.8, 4) is 0 Å². The molecule has 18 heteroatoms. The normalized spacial score (nSPS) is 32.5. The van der Waals surface area contributed by atoms with E-state index in [1.165, 1.54) is 58.2 Å². The molecule has 332 valence electrons. The minimum absolute atomic E-state index is 0.0421. The van der Waals surface area contributed by atoms with Gasteiger partial charge in [0.05, 0.1) is 43.0 Å². The number of methoxy groups -OCH3 is 1. The highest BCUT2D eigenvalue weighted by Crippen LogP contribution is 2.64. The molecule has 11 atom stereocenters. The predicted molar refractivity (Wildman–Crippen MR) is 207 cm³/mol. The number of hydrogen-bond acceptors (Lipinski definition) is 17. The summed E-state index contributed by atoms with van der Waals surface area (Å²) in [6.07, 6.45) is -12.2. The van der Waals surface area contributed by atoms with Crippen molar-refractivity contribution in [2.24, 2.45) is 16.7 Å². The molecule has 1 aromatic carbocycles. The number of ketones is 1. The summed E-state index contributed by atoms with van der Waals surface area (Å²) in [5.74, 6) is -5.71. The highest BCUT2D eigenvalue weighted by molar-refractivity contribution is 5.95. The largest absolute Gasteiger partial charge is 0.509 e. The molecule has 1 amide bonds. The van der Waals surface area contributed by atoms with Crippen LogP contribution in [0.5, 0.6) is 0 Å². The molecule has 61 heavy (non-hydrogen) atoms. The van der Waals surface area contributed by atoms with E-state index in [2.05, 4.69) is 5.32 Å². The Morgan fingerprint density at radius 2 is 1.66 bits per heavy atom. The molecule has 4 N–H and O–H groups in total. The van der Waals surface area contributed by atoms with Crippen molar-refractivity contribution < 1.29 is 81.7 Å². The van der Waals surface area contributed by atoms with Crippen molar-refractivity contribution >= 4 is 35.9 Å². The maximum atomic E-state index is 15.5. The lowest BCUT2D eigenvalue weighted by Crippen LogP contribution is -2.82. The van der Waals surface area contributed by atoms with E-state index in [1.54, 1.807) is 39.0 Å². The first-order valence-electron chi connectivity index (χ1n) is 19.8. The fraction of sp³-hybridized carbons (Fsp3) is 0.581. The second kappa shape index (κ2) is 16.2. The number of furan rings is 1. The first-order valence-corrected chi connectivity index (χ1v) is 19.8. The number of aliphatic hydroxyl groups excluding tert-OH is 2. The van der Waals surface area contributed by atoms with Crippen LogP contribution in [0.3, 0.4) is 0 Å². The van der Waals surface area contributed by atoms with Crippen LogP contribution in [0.2, 0.25) is 0 Å². The Bertz CT molecular complexity index is 2070. The van der Waals surface area contributed by atoms with E-state index >= 15 is 4.79 Å². The smallest absolute Gasteiger partial charge is 0.467 e. The molecule has 0 radical (unpaired) electrons. The van der Waals surface area contributed by atoms with Crippen LogP contribution in [0.1, 0.15) is 90.4 Å². The molecule has 18 nitrogen and oxygen atoms in total. The molecule has 2 aromatic rings. The molecule has 6 rings (SSSR count). The number of ether oxygens (including phenoxy) is 7. The van der Waals surface area contributed by atoms with Crippen molar-refractivity contribution in [1.82, 2.24) is 5.32 Å². The van der Waals surface area contributed by atoms with Crippen molar-refractivity contribution in [1.29, 1.82) is 0 Å². The van der Waals surface area contributed by atoms with Gasteiger partial charge in [-0.2, -0.15) is 0 Å². The molecular formula is C43H53NO17. The van der Waals surface area contributed by atoms with Crippen molar-refractivity contribution in [3.63, 3.8) is 0 Å². The number of carbonyl (C=O) groups excluding carboxylic acids is 6. The van der Waals surface area contributed by atoms with E-state index in [0.29, 0.717) is 0 Å². The second-order valence-electron chi connectivity index (χ2n) is 17.7. The number of carbonyl (C=O) groups is 6. The van der Waals surface area contributed by atoms with Crippen molar-refractivity contribution in [3.05, 3.63) is 71.2 Å². The highest BCUT2D eigenvalue weighted by Gasteiger charge is 2.78. The number of amides is 1. The van der Waals surface area contributed by atoms with E-state index in [-0.39, 0.29) is 35.5 Å². The summed E-state index contributed by atoms with van der Waals surface area (Å²) >= 11 is 0.